The SMILES string of the molecule is COC(=O)c1c(NC(=O)CN(C)C(=O)OC)c2cccnc2n1C. The van der Waals surface area contributed by atoms with Crippen LogP contribution in [-0.4, -0.2) is 60.2 Å². The van der Waals surface area contributed by atoms with Crippen LogP contribution in [0.15, 0.2) is 18.3 Å². The van der Waals surface area contributed by atoms with E-state index in [1.165, 1.54) is 21.3 Å². The number of methoxy groups -OCH3 is 2. The molecular weight excluding hydrogens is 316 g/mol. The minimum atomic E-state index is -0.641. The number of fused-ring (bicyclic) bond motifs is 1. The van der Waals surface area contributed by atoms with E-state index in [2.05, 4.69) is 15.0 Å². The van der Waals surface area contributed by atoms with Crippen molar-refractivity contribution < 1.29 is 23.9 Å². The number of nitrogens with one attached hydrogen (secondary N) is 1. The number of esters is 1. The topological polar surface area (TPSA) is 103 Å². The second kappa shape index (κ2) is 6.99. The molecule has 128 valence electrons. The molecule has 0 saturated carbocycles. The molecule has 0 bridgehead atoms. The van der Waals surface area contributed by atoms with Crippen molar-refractivity contribution in [3.8, 4) is 0 Å². The monoisotopic (exact) mass is 334 g/mol. The highest BCUT2D eigenvalue weighted by Gasteiger charge is 2.24. The number of hydrogen-bond donors (Lipinski definition) is 1. The fourth-order valence-electron chi connectivity index (χ4n) is 2.34. The number of likely N-dealkylation sites (N-methyl/N-ethyl adjacent to an activating group) is 1. The summed E-state index contributed by atoms with van der Waals surface area (Å²) in [5.41, 5.74) is 0.977. The van der Waals surface area contributed by atoms with E-state index < -0.39 is 18.0 Å². The average molecular weight is 334 g/mol. The molecule has 0 saturated heterocycles. The molecule has 0 aliphatic rings. The van der Waals surface area contributed by atoms with Gasteiger partial charge in [0, 0.05) is 25.7 Å². The lowest BCUT2D eigenvalue weighted by molar-refractivity contribution is -0.116. The van der Waals surface area contributed by atoms with Crippen LogP contribution in [0.3, 0.4) is 0 Å². The lowest BCUT2D eigenvalue weighted by atomic mass is 10.2. The number of ether oxygens (including phenoxy) is 2. The third-order valence-electron chi connectivity index (χ3n) is 3.46. The van der Waals surface area contributed by atoms with Gasteiger partial charge in [-0.1, -0.05) is 0 Å². The first-order valence-electron chi connectivity index (χ1n) is 7.01. The second-order valence-electron chi connectivity index (χ2n) is 5.02. The van der Waals surface area contributed by atoms with Crippen molar-refractivity contribution in [3.05, 3.63) is 24.0 Å². The third-order valence-corrected chi connectivity index (χ3v) is 3.46. The Balaban J connectivity index is 2.39. The van der Waals surface area contributed by atoms with Gasteiger partial charge in [-0.2, -0.15) is 0 Å². The highest BCUT2D eigenvalue weighted by atomic mass is 16.5. The van der Waals surface area contributed by atoms with Crippen LogP contribution in [-0.2, 0) is 21.3 Å². The van der Waals surface area contributed by atoms with Crippen LogP contribution in [0.1, 0.15) is 10.5 Å². The van der Waals surface area contributed by atoms with Crippen molar-refractivity contribution in [2.24, 2.45) is 7.05 Å². The van der Waals surface area contributed by atoms with Crippen LogP contribution in [0.4, 0.5) is 10.5 Å². The van der Waals surface area contributed by atoms with Crippen LogP contribution < -0.4 is 5.32 Å². The number of rotatable bonds is 4. The van der Waals surface area contributed by atoms with Gasteiger partial charge in [0.25, 0.3) is 0 Å². The first kappa shape index (κ1) is 17.3. The molecule has 2 rings (SSSR count). The Morgan fingerprint density at radius 2 is 2.00 bits per heavy atom. The van der Waals surface area contributed by atoms with Crippen molar-refractivity contribution in [2.45, 2.75) is 0 Å². The predicted octanol–water partition coefficient (Wildman–Crippen LogP) is 0.997. The summed E-state index contributed by atoms with van der Waals surface area (Å²) in [7, 11) is 5.56. The van der Waals surface area contributed by atoms with Gasteiger partial charge >= 0.3 is 12.1 Å². The number of hydrogen-bond acceptors (Lipinski definition) is 6. The molecule has 0 fully saturated rings. The molecular formula is C15H18N4O5. The Morgan fingerprint density at radius 1 is 1.29 bits per heavy atom. The Hall–Kier alpha value is -3.10. The van der Waals surface area contributed by atoms with Crippen molar-refractivity contribution in [2.75, 3.05) is 33.1 Å². The van der Waals surface area contributed by atoms with Crippen LogP contribution in [0.25, 0.3) is 11.0 Å². The maximum atomic E-state index is 12.2. The maximum Gasteiger partial charge on any atom is 0.409 e. The summed E-state index contributed by atoms with van der Waals surface area (Å²) in [6.07, 6.45) is 0.943. The summed E-state index contributed by atoms with van der Waals surface area (Å²) in [5.74, 6) is -1.09. The molecule has 2 aromatic rings. The van der Waals surface area contributed by atoms with Crippen molar-refractivity contribution in [1.29, 1.82) is 0 Å². The molecule has 2 amide bonds. The summed E-state index contributed by atoms with van der Waals surface area (Å²) in [6.45, 7) is -0.232. The fourth-order valence-corrected chi connectivity index (χ4v) is 2.34. The summed E-state index contributed by atoms with van der Waals surface area (Å²) in [4.78, 5) is 41.0. The van der Waals surface area contributed by atoms with Gasteiger partial charge in [0.15, 0.2) is 5.69 Å². The number of carbonyl (C=O) groups excluding carboxylic acids is 3. The molecule has 0 aromatic carbocycles. The zero-order valence-corrected chi connectivity index (χ0v) is 13.8. The zero-order valence-electron chi connectivity index (χ0n) is 13.8. The standard InChI is InChI=1S/C15H18N4O5/c1-18(15(22)24-4)8-10(20)17-11-9-6-5-7-16-13(9)19(2)12(11)14(21)23-3/h5-7H,8H2,1-4H3,(H,17,20). The number of pyridine rings is 1. The Morgan fingerprint density at radius 3 is 2.62 bits per heavy atom. The van der Waals surface area contributed by atoms with E-state index >= 15 is 0 Å². The first-order valence-corrected chi connectivity index (χ1v) is 7.01. The van der Waals surface area contributed by atoms with Gasteiger partial charge in [0.05, 0.1) is 19.9 Å². The summed E-state index contributed by atoms with van der Waals surface area (Å²) < 4.78 is 10.9. The molecule has 24 heavy (non-hydrogen) atoms. The quantitative estimate of drug-likeness (QED) is 0.837. The molecule has 1 N–H and O–H groups in total. The molecule has 0 unspecified atom stereocenters. The van der Waals surface area contributed by atoms with Crippen molar-refractivity contribution >= 4 is 34.7 Å². The Kier molecular flexibility index (Phi) is 5.02. The number of carbonyl (C=O) groups is 3. The van der Waals surface area contributed by atoms with E-state index in [4.69, 9.17) is 4.74 Å². The molecule has 9 nitrogen and oxygen atoms in total. The zero-order chi connectivity index (χ0) is 17.9. The molecule has 0 radical (unpaired) electrons. The molecule has 2 aromatic heterocycles. The van der Waals surface area contributed by atoms with Gasteiger partial charge in [-0.3, -0.25) is 4.79 Å². The molecule has 0 aliphatic carbocycles. The van der Waals surface area contributed by atoms with Crippen LogP contribution >= 0.6 is 0 Å². The van der Waals surface area contributed by atoms with E-state index in [1.54, 1.807) is 29.9 Å². The lowest BCUT2D eigenvalue weighted by Gasteiger charge is -2.15. The molecule has 2 heterocycles. The predicted molar refractivity (Wildman–Crippen MR) is 85.7 cm³/mol. The normalized spacial score (nSPS) is 10.3. The van der Waals surface area contributed by atoms with Crippen molar-refractivity contribution in [3.63, 3.8) is 0 Å². The van der Waals surface area contributed by atoms with Gasteiger partial charge in [0.1, 0.15) is 12.2 Å². The number of amides is 2. The summed E-state index contributed by atoms with van der Waals surface area (Å²) in [5, 5.41) is 3.24. The van der Waals surface area contributed by atoms with Gasteiger partial charge < -0.3 is 24.3 Å². The largest absolute Gasteiger partial charge is 0.464 e. The molecule has 0 spiro atoms. The highest BCUT2D eigenvalue weighted by molar-refractivity contribution is 6.11. The first-order chi connectivity index (χ1) is 11.4. The van der Waals surface area contributed by atoms with Gasteiger partial charge in [-0.25, -0.2) is 14.6 Å². The lowest BCUT2D eigenvalue weighted by Crippen LogP contribution is -2.35. The van der Waals surface area contributed by atoms with Crippen LogP contribution in [0.5, 0.6) is 0 Å². The second-order valence-corrected chi connectivity index (χ2v) is 5.02. The number of nitrogens with zero attached hydrogens (tertiary/aromatic N) is 3. The van der Waals surface area contributed by atoms with Crippen LogP contribution in [0, 0.1) is 0 Å². The molecule has 9 heteroatoms. The van der Waals surface area contributed by atoms with Gasteiger partial charge in [-0.05, 0) is 12.1 Å². The average Bonchev–Trinajstić information content (AvgIpc) is 2.86. The van der Waals surface area contributed by atoms with E-state index in [9.17, 15) is 14.4 Å². The Labute approximate surface area is 138 Å². The maximum absolute atomic E-state index is 12.2. The minimum absolute atomic E-state index is 0.167. The third kappa shape index (κ3) is 3.14. The smallest absolute Gasteiger partial charge is 0.409 e. The number of aromatic nitrogens is 2. The summed E-state index contributed by atoms with van der Waals surface area (Å²) >= 11 is 0. The van der Waals surface area contributed by atoms with Gasteiger partial charge in [0.2, 0.25) is 5.91 Å². The summed E-state index contributed by atoms with van der Waals surface area (Å²) in [6, 6.07) is 3.42. The number of anilines is 1. The van der Waals surface area contributed by atoms with E-state index in [-0.39, 0.29) is 17.9 Å². The van der Waals surface area contributed by atoms with E-state index in [0.29, 0.717) is 11.0 Å². The van der Waals surface area contributed by atoms with E-state index in [0.717, 1.165) is 4.90 Å². The van der Waals surface area contributed by atoms with Crippen LogP contribution in [0.2, 0.25) is 0 Å². The Bertz CT molecular complexity index is 799. The number of aryl methyl sites for hydroxylation is 1. The van der Waals surface area contributed by atoms with Crippen molar-refractivity contribution in [1.82, 2.24) is 14.5 Å². The highest BCUT2D eigenvalue weighted by Crippen LogP contribution is 2.29. The fraction of sp³-hybridized carbons (Fsp3) is 0.333. The molecule has 0 aliphatic heterocycles. The van der Waals surface area contributed by atoms with Gasteiger partial charge in [-0.15, -0.1) is 0 Å². The molecule has 0 atom stereocenters. The minimum Gasteiger partial charge on any atom is -0.464 e. The van der Waals surface area contributed by atoms with E-state index in [1.807, 2.05) is 0 Å².